The van der Waals surface area contributed by atoms with E-state index in [0.29, 0.717) is 17.3 Å². The van der Waals surface area contributed by atoms with E-state index < -0.39 is 0 Å². The number of nitrogens with one attached hydrogen (secondary N) is 1. The molecule has 1 amide bonds. The zero-order valence-electron chi connectivity index (χ0n) is 15.1. The standard InChI is InChI=1S/C21H18N4O2/c1-13-7-9-15(10-8-13)19-11-17(16-5-3-4-6-18(16)23-19)21(26)22-12-20-25-24-14(2)27-20/h3-11H,12H2,1-2H3,(H,22,26). The summed E-state index contributed by atoms with van der Waals surface area (Å²) in [6.45, 7) is 3.93. The van der Waals surface area contributed by atoms with Gasteiger partial charge in [0.25, 0.3) is 5.91 Å². The van der Waals surface area contributed by atoms with Gasteiger partial charge in [0.15, 0.2) is 0 Å². The van der Waals surface area contributed by atoms with Gasteiger partial charge in [-0.15, -0.1) is 10.2 Å². The molecule has 0 radical (unpaired) electrons. The van der Waals surface area contributed by atoms with Crippen LogP contribution in [0.25, 0.3) is 22.2 Å². The Labute approximate surface area is 156 Å². The van der Waals surface area contributed by atoms with Gasteiger partial charge in [-0.05, 0) is 19.1 Å². The summed E-state index contributed by atoms with van der Waals surface area (Å²) < 4.78 is 5.31. The minimum absolute atomic E-state index is 0.177. The predicted octanol–water partition coefficient (Wildman–Crippen LogP) is 3.83. The van der Waals surface area contributed by atoms with Crippen LogP contribution in [-0.4, -0.2) is 21.1 Å². The maximum atomic E-state index is 12.8. The maximum Gasteiger partial charge on any atom is 0.252 e. The number of carbonyl (C=O) groups excluding carboxylic acids is 1. The number of pyridine rings is 1. The maximum absolute atomic E-state index is 12.8. The molecule has 6 heteroatoms. The van der Waals surface area contributed by atoms with Crippen molar-refractivity contribution in [1.82, 2.24) is 20.5 Å². The molecule has 134 valence electrons. The number of carbonyl (C=O) groups is 1. The number of aryl methyl sites for hydroxylation is 2. The summed E-state index contributed by atoms with van der Waals surface area (Å²) in [5.41, 5.74) is 4.23. The highest BCUT2D eigenvalue weighted by Gasteiger charge is 2.15. The van der Waals surface area contributed by atoms with Gasteiger partial charge in [-0.1, -0.05) is 48.0 Å². The molecule has 0 aliphatic carbocycles. The largest absolute Gasteiger partial charge is 0.424 e. The molecule has 6 nitrogen and oxygen atoms in total. The highest BCUT2D eigenvalue weighted by Crippen LogP contribution is 2.25. The van der Waals surface area contributed by atoms with E-state index in [-0.39, 0.29) is 12.5 Å². The van der Waals surface area contributed by atoms with Crippen LogP contribution in [0.3, 0.4) is 0 Å². The number of aromatic nitrogens is 3. The molecule has 0 bridgehead atoms. The molecule has 0 aliphatic heterocycles. The second kappa shape index (κ2) is 6.99. The molecule has 0 aliphatic rings. The quantitative estimate of drug-likeness (QED) is 0.600. The summed E-state index contributed by atoms with van der Waals surface area (Å²) >= 11 is 0. The summed E-state index contributed by atoms with van der Waals surface area (Å²) in [6, 6.07) is 17.5. The van der Waals surface area contributed by atoms with E-state index in [2.05, 4.69) is 15.5 Å². The molecule has 0 spiro atoms. The summed E-state index contributed by atoms with van der Waals surface area (Å²) in [6.07, 6.45) is 0. The lowest BCUT2D eigenvalue weighted by molar-refractivity contribution is 0.0948. The van der Waals surface area contributed by atoms with Crippen molar-refractivity contribution < 1.29 is 9.21 Å². The lowest BCUT2D eigenvalue weighted by atomic mass is 10.0. The van der Waals surface area contributed by atoms with Crippen molar-refractivity contribution in [3.63, 3.8) is 0 Å². The smallest absolute Gasteiger partial charge is 0.252 e. The highest BCUT2D eigenvalue weighted by molar-refractivity contribution is 6.07. The lowest BCUT2D eigenvalue weighted by Crippen LogP contribution is -2.23. The normalized spacial score (nSPS) is 10.9. The Kier molecular flexibility index (Phi) is 4.38. The fraction of sp³-hybridized carbons (Fsp3) is 0.143. The Balaban J connectivity index is 1.71. The van der Waals surface area contributed by atoms with Crippen molar-refractivity contribution in [2.45, 2.75) is 20.4 Å². The average molecular weight is 358 g/mol. The summed E-state index contributed by atoms with van der Waals surface area (Å²) in [4.78, 5) is 17.6. The summed E-state index contributed by atoms with van der Waals surface area (Å²) in [5.74, 6) is 0.631. The van der Waals surface area contributed by atoms with Crippen LogP contribution in [0.4, 0.5) is 0 Å². The van der Waals surface area contributed by atoms with E-state index in [0.717, 1.165) is 22.2 Å². The predicted molar refractivity (Wildman–Crippen MR) is 102 cm³/mol. The summed E-state index contributed by atoms with van der Waals surface area (Å²) in [5, 5.41) is 11.3. The summed E-state index contributed by atoms with van der Waals surface area (Å²) in [7, 11) is 0. The fourth-order valence-electron chi connectivity index (χ4n) is 2.90. The van der Waals surface area contributed by atoms with Crippen LogP contribution in [0, 0.1) is 13.8 Å². The van der Waals surface area contributed by atoms with E-state index in [1.54, 1.807) is 6.92 Å². The number of amides is 1. The van der Waals surface area contributed by atoms with Crippen molar-refractivity contribution in [2.24, 2.45) is 0 Å². The fourth-order valence-corrected chi connectivity index (χ4v) is 2.90. The van der Waals surface area contributed by atoms with E-state index >= 15 is 0 Å². The van der Waals surface area contributed by atoms with E-state index in [1.807, 2.05) is 61.5 Å². The van der Waals surface area contributed by atoms with E-state index in [4.69, 9.17) is 9.40 Å². The molecule has 2 aromatic heterocycles. The molecule has 4 rings (SSSR count). The van der Waals surface area contributed by atoms with Crippen LogP contribution in [-0.2, 0) is 6.54 Å². The Morgan fingerprint density at radius 3 is 2.56 bits per heavy atom. The van der Waals surface area contributed by atoms with Crippen molar-refractivity contribution in [3.8, 4) is 11.3 Å². The van der Waals surface area contributed by atoms with E-state index in [9.17, 15) is 4.79 Å². The van der Waals surface area contributed by atoms with Gasteiger partial charge in [0.05, 0.1) is 23.3 Å². The van der Waals surface area contributed by atoms with Crippen LogP contribution in [0.1, 0.15) is 27.7 Å². The zero-order chi connectivity index (χ0) is 18.8. The SMILES string of the molecule is Cc1ccc(-c2cc(C(=O)NCc3nnc(C)o3)c3ccccc3n2)cc1. The van der Waals surface area contributed by atoms with Crippen LogP contribution < -0.4 is 5.32 Å². The average Bonchev–Trinajstić information content (AvgIpc) is 3.11. The number of rotatable bonds is 4. The molecule has 27 heavy (non-hydrogen) atoms. The molecule has 0 saturated heterocycles. The first-order valence-corrected chi connectivity index (χ1v) is 8.64. The Morgan fingerprint density at radius 2 is 1.81 bits per heavy atom. The third-order valence-corrected chi connectivity index (χ3v) is 4.28. The minimum atomic E-state index is -0.210. The highest BCUT2D eigenvalue weighted by atomic mass is 16.4. The van der Waals surface area contributed by atoms with Gasteiger partial charge in [-0.3, -0.25) is 4.79 Å². The second-order valence-electron chi connectivity index (χ2n) is 6.34. The van der Waals surface area contributed by atoms with Crippen LogP contribution in [0.15, 0.2) is 59.0 Å². The molecule has 4 aromatic rings. The van der Waals surface area contributed by atoms with Crippen molar-refractivity contribution in [1.29, 1.82) is 0 Å². The molecule has 0 fully saturated rings. The monoisotopic (exact) mass is 358 g/mol. The third kappa shape index (κ3) is 3.55. The number of fused-ring (bicyclic) bond motifs is 1. The van der Waals surface area contributed by atoms with Gasteiger partial charge in [-0.25, -0.2) is 4.98 Å². The van der Waals surface area contributed by atoms with Gasteiger partial charge in [0.2, 0.25) is 11.8 Å². The number of benzene rings is 2. The van der Waals surface area contributed by atoms with E-state index in [1.165, 1.54) is 5.56 Å². The number of hydrogen-bond donors (Lipinski definition) is 1. The molecular formula is C21H18N4O2. The number of hydrogen-bond acceptors (Lipinski definition) is 5. The van der Waals surface area contributed by atoms with Gasteiger partial charge < -0.3 is 9.73 Å². The topological polar surface area (TPSA) is 80.9 Å². The van der Waals surface area contributed by atoms with Crippen LogP contribution in [0.5, 0.6) is 0 Å². The lowest BCUT2D eigenvalue weighted by Gasteiger charge is -2.10. The zero-order valence-corrected chi connectivity index (χ0v) is 15.1. The second-order valence-corrected chi connectivity index (χ2v) is 6.34. The molecule has 2 aromatic carbocycles. The molecule has 0 saturated carbocycles. The van der Waals surface area contributed by atoms with Crippen molar-refractivity contribution in [2.75, 3.05) is 0 Å². The van der Waals surface area contributed by atoms with Gasteiger partial charge in [-0.2, -0.15) is 0 Å². The Bertz CT molecular complexity index is 1120. The molecule has 0 unspecified atom stereocenters. The van der Waals surface area contributed by atoms with Crippen molar-refractivity contribution in [3.05, 3.63) is 77.5 Å². The van der Waals surface area contributed by atoms with Crippen LogP contribution >= 0.6 is 0 Å². The Hall–Kier alpha value is -3.54. The first kappa shape index (κ1) is 16.9. The Morgan fingerprint density at radius 1 is 1.04 bits per heavy atom. The molecule has 2 heterocycles. The number of para-hydroxylation sites is 1. The third-order valence-electron chi connectivity index (χ3n) is 4.28. The van der Waals surface area contributed by atoms with Crippen LogP contribution in [0.2, 0.25) is 0 Å². The minimum Gasteiger partial charge on any atom is -0.424 e. The number of nitrogens with zero attached hydrogens (tertiary/aromatic N) is 3. The molecular weight excluding hydrogens is 340 g/mol. The first-order chi connectivity index (χ1) is 13.1. The van der Waals surface area contributed by atoms with Gasteiger partial charge in [0.1, 0.15) is 0 Å². The molecule has 0 atom stereocenters. The van der Waals surface area contributed by atoms with Gasteiger partial charge in [0, 0.05) is 17.9 Å². The van der Waals surface area contributed by atoms with Crippen molar-refractivity contribution >= 4 is 16.8 Å². The van der Waals surface area contributed by atoms with Gasteiger partial charge >= 0.3 is 0 Å². The first-order valence-electron chi connectivity index (χ1n) is 8.64. The molecule has 1 N–H and O–H groups in total.